The topological polar surface area (TPSA) is 35.6 Å². The number of urea groups is 1. The molecule has 122 valence electrons. The molecule has 1 heterocycles. The standard InChI is InChI=1S/C14H17ClF3N3O/c1-10-3-2-4-11(15)12(10)19-13(22)21-7-5-20(6-8-21)9-14(16,17)18/h2-4H,5-9H2,1H3,(H,19,22). The number of rotatable bonds is 2. The van der Waals surface area contributed by atoms with Crippen molar-refractivity contribution in [3.63, 3.8) is 0 Å². The summed E-state index contributed by atoms with van der Waals surface area (Å²) >= 11 is 6.04. The lowest BCUT2D eigenvalue weighted by Gasteiger charge is -2.35. The third-order valence-corrected chi connectivity index (χ3v) is 3.83. The first-order valence-corrected chi connectivity index (χ1v) is 7.24. The monoisotopic (exact) mass is 335 g/mol. The number of benzene rings is 1. The van der Waals surface area contributed by atoms with E-state index in [0.717, 1.165) is 5.56 Å². The Hall–Kier alpha value is -1.47. The minimum Gasteiger partial charge on any atom is -0.322 e. The van der Waals surface area contributed by atoms with Gasteiger partial charge in [-0.1, -0.05) is 23.7 Å². The van der Waals surface area contributed by atoms with Crippen molar-refractivity contribution in [2.45, 2.75) is 13.1 Å². The molecule has 4 nitrogen and oxygen atoms in total. The molecular weight excluding hydrogens is 319 g/mol. The smallest absolute Gasteiger partial charge is 0.322 e. The van der Waals surface area contributed by atoms with Gasteiger partial charge in [0.05, 0.1) is 17.3 Å². The lowest BCUT2D eigenvalue weighted by molar-refractivity contribution is -0.148. The number of alkyl halides is 3. The van der Waals surface area contributed by atoms with Crippen molar-refractivity contribution in [1.29, 1.82) is 0 Å². The maximum Gasteiger partial charge on any atom is 0.401 e. The van der Waals surface area contributed by atoms with Gasteiger partial charge >= 0.3 is 12.2 Å². The van der Waals surface area contributed by atoms with Crippen LogP contribution in [0.25, 0.3) is 0 Å². The van der Waals surface area contributed by atoms with Crippen LogP contribution in [0.15, 0.2) is 18.2 Å². The van der Waals surface area contributed by atoms with Crippen molar-refractivity contribution in [2.24, 2.45) is 0 Å². The largest absolute Gasteiger partial charge is 0.401 e. The van der Waals surface area contributed by atoms with Crippen LogP contribution in [-0.2, 0) is 0 Å². The molecule has 0 aliphatic carbocycles. The fourth-order valence-corrected chi connectivity index (χ4v) is 2.61. The number of para-hydroxylation sites is 1. The van der Waals surface area contributed by atoms with Gasteiger partial charge in [0.25, 0.3) is 0 Å². The van der Waals surface area contributed by atoms with E-state index in [4.69, 9.17) is 11.6 Å². The van der Waals surface area contributed by atoms with Crippen molar-refractivity contribution >= 4 is 23.3 Å². The average molecular weight is 336 g/mol. The summed E-state index contributed by atoms with van der Waals surface area (Å²) in [6.07, 6.45) is -4.21. The van der Waals surface area contributed by atoms with E-state index < -0.39 is 12.7 Å². The van der Waals surface area contributed by atoms with Gasteiger partial charge in [0, 0.05) is 26.2 Å². The van der Waals surface area contributed by atoms with Gasteiger partial charge in [-0.15, -0.1) is 0 Å². The van der Waals surface area contributed by atoms with Crippen molar-refractivity contribution in [2.75, 3.05) is 38.0 Å². The molecule has 2 amide bonds. The Morgan fingerprint density at radius 3 is 2.45 bits per heavy atom. The van der Waals surface area contributed by atoms with E-state index in [9.17, 15) is 18.0 Å². The third-order valence-electron chi connectivity index (χ3n) is 3.52. The second-order valence-corrected chi connectivity index (χ2v) is 5.65. The SMILES string of the molecule is Cc1cccc(Cl)c1NC(=O)N1CCN(CC(F)(F)F)CC1. The molecule has 1 fully saturated rings. The number of hydrogen-bond donors (Lipinski definition) is 1. The Kier molecular flexibility index (Phi) is 5.18. The number of piperazine rings is 1. The molecule has 0 spiro atoms. The van der Waals surface area contributed by atoms with Gasteiger partial charge in [-0.2, -0.15) is 13.2 Å². The van der Waals surface area contributed by atoms with Gasteiger partial charge in [-0.25, -0.2) is 4.79 Å². The Morgan fingerprint density at radius 1 is 1.27 bits per heavy atom. The predicted molar refractivity (Wildman–Crippen MR) is 79.3 cm³/mol. The van der Waals surface area contributed by atoms with Crippen LogP contribution in [0.4, 0.5) is 23.7 Å². The van der Waals surface area contributed by atoms with Crippen LogP contribution in [0.2, 0.25) is 5.02 Å². The second kappa shape index (κ2) is 6.75. The third kappa shape index (κ3) is 4.51. The molecule has 1 aliphatic heterocycles. The molecular formula is C14H17ClF3N3O. The molecule has 2 rings (SSSR count). The van der Waals surface area contributed by atoms with Crippen LogP contribution in [0.1, 0.15) is 5.56 Å². The summed E-state index contributed by atoms with van der Waals surface area (Å²) in [6, 6.07) is 4.93. The number of nitrogens with one attached hydrogen (secondary N) is 1. The summed E-state index contributed by atoms with van der Waals surface area (Å²) in [6.45, 7) is 1.80. The van der Waals surface area contributed by atoms with Gasteiger partial charge in [0.2, 0.25) is 0 Å². The van der Waals surface area contributed by atoms with Crippen LogP contribution >= 0.6 is 11.6 Å². The first kappa shape index (κ1) is 16.9. The molecule has 0 bridgehead atoms. The minimum absolute atomic E-state index is 0.203. The maximum atomic E-state index is 12.3. The van der Waals surface area contributed by atoms with Crippen molar-refractivity contribution in [3.05, 3.63) is 28.8 Å². The fourth-order valence-electron chi connectivity index (χ4n) is 2.34. The van der Waals surface area contributed by atoms with E-state index in [0.29, 0.717) is 10.7 Å². The summed E-state index contributed by atoms with van der Waals surface area (Å²) in [7, 11) is 0. The van der Waals surface area contributed by atoms with Gasteiger partial charge in [-0.05, 0) is 18.6 Å². The quantitative estimate of drug-likeness (QED) is 0.899. The second-order valence-electron chi connectivity index (χ2n) is 5.24. The summed E-state index contributed by atoms with van der Waals surface area (Å²) in [5, 5.41) is 3.16. The highest BCUT2D eigenvalue weighted by Crippen LogP contribution is 2.25. The highest BCUT2D eigenvalue weighted by molar-refractivity contribution is 6.33. The van der Waals surface area contributed by atoms with Crippen molar-refractivity contribution in [3.8, 4) is 0 Å². The van der Waals surface area contributed by atoms with E-state index >= 15 is 0 Å². The lowest BCUT2D eigenvalue weighted by Crippen LogP contribution is -2.52. The van der Waals surface area contributed by atoms with E-state index in [1.54, 1.807) is 12.1 Å². The fraction of sp³-hybridized carbons (Fsp3) is 0.500. The van der Waals surface area contributed by atoms with Crippen LogP contribution < -0.4 is 5.32 Å². The zero-order valence-electron chi connectivity index (χ0n) is 12.1. The number of anilines is 1. The summed E-state index contributed by atoms with van der Waals surface area (Å²) < 4.78 is 37.0. The van der Waals surface area contributed by atoms with E-state index in [1.165, 1.54) is 9.80 Å². The first-order valence-electron chi connectivity index (χ1n) is 6.86. The summed E-state index contributed by atoms with van der Waals surface area (Å²) in [5.74, 6) is 0. The molecule has 0 aromatic heterocycles. The molecule has 0 saturated carbocycles. The first-order chi connectivity index (χ1) is 10.3. The van der Waals surface area contributed by atoms with Gasteiger partial charge in [0.1, 0.15) is 0 Å². The van der Waals surface area contributed by atoms with Gasteiger partial charge < -0.3 is 10.2 Å². The summed E-state index contributed by atoms with van der Waals surface area (Å²) in [4.78, 5) is 15.0. The zero-order valence-corrected chi connectivity index (χ0v) is 12.8. The van der Waals surface area contributed by atoms with Crippen molar-refractivity contribution in [1.82, 2.24) is 9.80 Å². The molecule has 0 atom stereocenters. The molecule has 0 radical (unpaired) electrons. The minimum atomic E-state index is -4.21. The zero-order chi connectivity index (χ0) is 16.3. The van der Waals surface area contributed by atoms with Crippen LogP contribution in [0.3, 0.4) is 0 Å². The highest BCUT2D eigenvalue weighted by atomic mass is 35.5. The number of carbonyl (C=O) groups excluding carboxylic acids is 1. The Bertz CT molecular complexity index is 522. The number of carbonyl (C=O) groups is 1. The van der Waals surface area contributed by atoms with Crippen LogP contribution in [-0.4, -0.2) is 54.7 Å². The molecule has 1 aliphatic rings. The summed E-state index contributed by atoms with van der Waals surface area (Å²) in [5.41, 5.74) is 1.36. The molecule has 8 heteroatoms. The van der Waals surface area contributed by atoms with E-state index in [-0.39, 0.29) is 32.2 Å². The van der Waals surface area contributed by atoms with Crippen LogP contribution in [0, 0.1) is 6.92 Å². The normalized spacial score (nSPS) is 16.7. The average Bonchev–Trinajstić information content (AvgIpc) is 2.42. The van der Waals surface area contributed by atoms with E-state index in [2.05, 4.69) is 5.32 Å². The molecule has 1 saturated heterocycles. The maximum absolute atomic E-state index is 12.3. The van der Waals surface area contributed by atoms with E-state index in [1.807, 2.05) is 13.0 Å². The Labute approximate surface area is 131 Å². The van der Waals surface area contributed by atoms with Gasteiger partial charge in [0.15, 0.2) is 0 Å². The van der Waals surface area contributed by atoms with Crippen molar-refractivity contribution < 1.29 is 18.0 Å². The Balaban J connectivity index is 1.90. The molecule has 22 heavy (non-hydrogen) atoms. The molecule has 1 aromatic carbocycles. The number of aryl methyl sites for hydroxylation is 1. The number of hydrogen-bond acceptors (Lipinski definition) is 2. The number of nitrogens with zero attached hydrogens (tertiary/aromatic N) is 2. The number of amides is 2. The Morgan fingerprint density at radius 2 is 1.91 bits per heavy atom. The van der Waals surface area contributed by atoms with Crippen LogP contribution in [0.5, 0.6) is 0 Å². The predicted octanol–water partition coefficient (Wildman–Crippen LogP) is 3.36. The molecule has 1 N–H and O–H groups in total. The van der Waals surface area contributed by atoms with Gasteiger partial charge in [-0.3, -0.25) is 4.90 Å². The number of halogens is 4. The lowest BCUT2D eigenvalue weighted by atomic mass is 10.2. The highest BCUT2D eigenvalue weighted by Gasteiger charge is 2.32. The molecule has 1 aromatic rings. The molecule has 0 unspecified atom stereocenters.